The summed E-state index contributed by atoms with van der Waals surface area (Å²) >= 11 is 1.14. The number of ketones is 1. The number of aliphatic hydroxyl groups is 1. The molecule has 9 heteroatoms. The summed E-state index contributed by atoms with van der Waals surface area (Å²) < 4.78 is 38.5. The van der Waals surface area contributed by atoms with Gasteiger partial charge in [-0.05, 0) is 23.9 Å². The molecule has 2 atom stereocenters. The molecule has 146 valence electrons. The molecule has 1 saturated heterocycles. The molecule has 1 aromatic heterocycles. The van der Waals surface area contributed by atoms with Crippen molar-refractivity contribution in [1.29, 1.82) is 0 Å². The van der Waals surface area contributed by atoms with Crippen molar-refractivity contribution in [3.63, 3.8) is 0 Å². The minimum absolute atomic E-state index is 0.0455. The molecule has 1 amide bonds. The molecule has 0 bridgehead atoms. The van der Waals surface area contributed by atoms with E-state index in [1.54, 1.807) is 23.6 Å². The molecule has 0 radical (unpaired) electrons. The first-order valence-electron chi connectivity index (χ1n) is 8.59. The standard InChI is InChI=1S/C19H16FNO5S2/c20-13-5-2-1-4-12(13)16-15(17(22)14-6-3-8-27-14)18(23)19(24)21(16)11-7-9-28(25,26)10-11/h1-6,8,11,16,23H,7,9-10H2/t11-,16-/m0/s1. The molecule has 1 fully saturated rings. The van der Waals surface area contributed by atoms with Crippen LogP contribution in [0.5, 0.6) is 0 Å². The van der Waals surface area contributed by atoms with Crippen LogP contribution in [0.15, 0.2) is 53.1 Å². The lowest BCUT2D eigenvalue weighted by atomic mass is 9.94. The number of aliphatic hydroxyl groups excluding tert-OH is 1. The maximum absolute atomic E-state index is 14.6. The van der Waals surface area contributed by atoms with Crippen molar-refractivity contribution in [2.24, 2.45) is 0 Å². The number of Topliss-reactive ketones (excluding diaryl/α,β-unsaturated/α-hetero) is 1. The van der Waals surface area contributed by atoms with Gasteiger partial charge in [-0.2, -0.15) is 0 Å². The molecule has 28 heavy (non-hydrogen) atoms. The Morgan fingerprint density at radius 2 is 1.96 bits per heavy atom. The third-order valence-electron chi connectivity index (χ3n) is 5.04. The Labute approximate surface area is 164 Å². The number of rotatable bonds is 4. The third-order valence-corrected chi connectivity index (χ3v) is 7.65. The monoisotopic (exact) mass is 421 g/mol. The van der Waals surface area contributed by atoms with Crippen LogP contribution in [0, 0.1) is 5.82 Å². The van der Waals surface area contributed by atoms with E-state index in [4.69, 9.17) is 0 Å². The highest BCUT2D eigenvalue weighted by Crippen LogP contribution is 2.43. The number of halogens is 1. The van der Waals surface area contributed by atoms with Crippen LogP contribution in [-0.4, -0.2) is 47.7 Å². The van der Waals surface area contributed by atoms with E-state index in [9.17, 15) is 27.5 Å². The molecular weight excluding hydrogens is 405 g/mol. The molecule has 1 N–H and O–H groups in total. The highest BCUT2D eigenvalue weighted by Gasteiger charge is 2.49. The summed E-state index contributed by atoms with van der Waals surface area (Å²) in [6.07, 6.45) is 0.173. The largest absolute Gasteiger partial charge is 0.503 e. The summed E-state index contributed by atoms with van der Waals surface area (Å²) in [7, 11) is -3.34. The van der Waals surface area contributed by atoms with Gasteiger partial charge in [0.15, 0.2) is 15.6 Å². The molecular formula is C19H16FNO5S2. The number of hydrogen-bond acceptors (Lipinski definition) is 6. The fourth-order valence-electron chi connectivity index (χ4n) is 3.77. The van der Waals surface area contributed by atoms with Gasteiger partial charge in [-0.1, -0.05) is 24.3 Å². The van der Waals surface area contributed by atoms with Gasteiger partial charge in [0.05, 0.1) is 28.0 Å². The second kappa shape index (κ2) is 6.82. The van der Waals surface area contributed by atoms with Crippen LogP contribution in [0.3, 0.4) is 0 Å². The van der Waals surface area contributed by atoms with E-state index < -0.39 is 45.2 Å². The number of sulfone groups is 1. The Hall–Kier alpha value is -2.52. The third kappa shape index (κ3) is 3.04. The van der Waals surface area contributed by atoms with Crippen LogP contribution in [0.2, 0.25) is 0 Å². The highest BCUT2D eigenvalue weighted by molar-refractivity contribution is 7.91. The van der Waals surface area contributed by atoms with E-state index >= 15 is 0 Å². The molecule has 4 rings (SSSR count). The number of nitrogens with zero attached hydrogens (tertiary/aromatic N) is 1. The van der Waals surface area contributed by atoms with Gasteiger partial charge in [-0.25, -0.2) is 12.8 Å². The van der Waals surface area contributed by atoms with Gasteiger partial charge in [0.25, 0.3) is 5.91 Å². The van der Waals surface area contributed by atoms with Gasteiger partial charge in [-0.15, -0.1) is 11.3 Å². The topological polar surface area (TPSA) is 91.8 Å². The molecule has 0 aliphatic carbocycles. The first kappa shape index (κ1) is 18.8. The summed E-state index contributed by atoms with van der Waals surface area (Å²) in [4.78, 5) is 27.3. The molecule has 0 saturated carbocycles. The van der Waals surface area contributed by atoms with Crippen LogP contribution in [0.25, 0.3) is 0 Å². The van der Waals surface area contributed by atoms with Gasteiger partial charge in [-0.3, -0.25) is 9.59 Å². The van der Waals surface area contributed by atoms with Crippen molar-refractivity contribution in [1.82, 2.24) is 4.90 Å². The van der Waals surface area contributed by atoms with Crippen molar-refractivity contribution in [2.75, 3.05) is 11.5 Å². The Bertz CT molecular complexity index is 1090. The van der Waals surface area contributed by atoms with E-state index in [1.165, 1.54) is 18.2 Å². The fourth-order valence-corrected chi connectivity index (χ4v) is 6.16. The molecule has 1 aromatic carbocycles. The minimum atomic E-state index is -3.34. The lowest BCUT2D eigenvalue weighted by molar-refractivity contribution is -0.131. The first-order chi connectivity index (χ1) is 13.3. The van der Waals surface area contributed by atoms with Crippen LogP contribution < -0.4 is 0 Å². The second-order valence-corrected chi connectivity index (χ2v) is 9.94. The number of carbonyl (C=O) groups excluding carboxylic acids is 2. The Morgan fingerprint density at radius 1 is 1.21 bits per heavy atom. The van der Waals surface area contributed by atoms with E-state index in [0.29, 0.717) is 4.88 Å². The zero-order chi connectivity index (χ0) is 20.1. The Morgan fingerprint density at radius 3 is 2.57 bits per heavy atom. The molecule has 2 aromatic rings. The van der Waals surface area contributed by atoms with Crippen molar-refractivity contribution >= 4 is 32.9 Å². The summed E-state index contributed by atoms with van der Waals surface area (Å²) in [5.41, 5.74) is -0.175. The van der Waals surface area contributed by atoms with E-state index in [-0.39, 0.29) is 29.1 Å². The fraction of sp³-hybridized carbons (Fsp3) is 0.263. The maximum Gasteiger partial charge on any atom is 0.290 e. The van der Waals surface area contributed by atoms with Crippen LogP contribution in [-0.2, 0) is 14.6 Å². The molecule has 2 aliphatic rings. The van der Waals surface area contributed by atoms with Crippen molar-refractivity contribution in [2.45, 2.75) is 18.5 Å². The number of carbonyl (C=O) groups is 2. The van der Waals surface area contributed by atoms with E-state index in [1.807, 2.05) is 0 Å². The summed E-state index contributed by atoms with van der Waals surface area (Å²) in [6.45, 7) is 0. The smallest absolute Gasteiger partial charge is 0.290 e. The minimum Gasteiger partial charge on any atom is -0.503 e. The lowest BCUT2D eigenvalue weighted by Gasteiger charge is -2.31. The molecule has 6 nitrogen and oxygen atoms in total. The average Bonchev–Trinajstić information content (AvgIpc) is 3.35. The number of thiophene rings is 1. The zero-order valence-corrected chi connectivity index (χ0v) is 16.2. The first-order valence-corrected chi connectivity index (χ1v) is 11.3. The lowest BCUT2D eigenvalue weighted by Crippen LogP contribution is -2.41. The van der Waals surface area contributed by atoms with E-state index in [0.717, 1.165) is 16.2 Å². The number of benzene rings is 1. The SMILES string of the molecule is O=C(C1=C(O)C(=O)N([C@H]2CCS(=O)(=O)C2)[C@H]1c1ccccc1F)c1cccs1. The highest BCUT2D eigenvalue weighted by atomic mass is 32.2. The molecule has 0 unspecified atom stereocenters. The van der Waals surface area contributed by atoms with Gasteiger partial charge in [0.1, 0.15) is 5.82 Å². The zero-order valence-electron chi connectivity index (χ0n) is 14.5. The number of hydrogen-bond donors (Lipinski definition) is 1. The van der Waals surface area contributed by atoms with Crippen LogP contribution in [0.1, 0.15) is 27.7 Å². The van der Waals surface area contributed by atoms with Crippen LogP contribution in [0.4, 0.5) is 4.39 Å². The maximum atomic E-state index is 14.6. The summed E-state index contributed by atoms with van der Waals surface area (Å²) in [5.74, 6) is -3.20. The Balaban J connectivity index is 1.85. The van der Waals surface area contributed by atoms with Crippen molar-refractivity contribution in [3.8, 4) is 0 Å². The van der Waals surface area contributed by atoms with Gasteiger partial charge >= 0.3 is 0 Å². The predicted molar refractivity (Wildman–Crippen MR) is 101 cm³/mol. The molecule has 2 aliphatic heterocycles. The predicted octanol–water partition coefficient (Wildman–Crippen LogP) is 2.65. The number of amides is 1. The summed E-state index contributed by atoms with van der Waals surface area (Å²) in [6, 6.07) is 6.97. The van der Waals surface area contributed by atoms with Crippen LogP contribution >= 0.6 is 11.3 Å². The summed E-state index contributed by atoms with van der Waals surface area (Å²) in [5, 5.41) is 12.2. The van der Waals surface area contributed by atoms with Gasteiger partial charge < -0.3 is 10.0 Å². The Kier molecular flexibility index (Phi) is 4.59. The molecule has 0 spiro atoms. The quantitative estimate of drug-likeness (QED) is 0.767. The molecule has 3 heterocycles. The van der Waals surface area contributed by atoms with Crippen molar-refractivity contribution < 1.29 is 27.5 Å². The normalized spacial score (nSPS) is 24.2. The van der Waals surface area contributed by atoms with Crippen molar-refractivity contribution in [3.05, 3.63) is 69.4 Å². The van der Waals surface area contributed by atoms with Gasteiger partial charge in [0.2, 0.25) is 5.78 Å². The second-order valence-electron chi connectivity index (χ2n) is 6.76. The van der Waals surface area contributed by atoms with E-state index in [2.05, 4.69) is 0 Å². The average molecular weight is 421 g/mol. The van der Waals surface area contributed by atoms with Gasteiger partial charge in [0, 0.05) is 11.6 Å².